The predicted molar refractivity (Wildman–Crippen MR) is 153 cm³/mol. The van der Waals surface area contributed by atoms with Crippen LogP contribution in [0, 0.1) is 17.1 Å². The molecule has 0 bridgehead atoms. The number of hydrogen-bond acceptors (Lipinski definition) is 7. The number of carbonyl (C=O) groups excluding carboxylic acids is 1. The number of ether oxygens (including phenoxy) is 1. The van der Waals surface area contributed by atoms with Crippen LogP contribution in [0.15, 0.2) is 15.6 Å². The minimum atomic E-state index is -4.74. The summed E-state index contributed by atoms with van der Waals surface area (Å²) in [7, 11) is 1.71. The van der Waals surface area contributed by atoms with Gasteiger partial charge < -0.3 is 9.64 Å². The van der Waals surface area contributed by atoms with Crippen molar-refractivity contribution in [2.45, 2.75) is 77.2 Å². The monoisotopic (exact) mass is 650 g/mol. The predicted octanol–water partition coefficient (Wildman–Crippen LogP) is 7.40. The first-order valence-corrected chi connectivity index (χ1v) is 14.5. The molecule has 8 nitrogen and oxygen atoms in total. The molecule has 1 aromatic carbocycles. The number of benzene rings is 1. The van der Waals surface area contributed by atoms with E-state index in [1.165, 1.54) is 18.7 Å². The minimum Gasteiger partial charge on any atom is -0.379 e. The number of aromatic nitrogens is 4. The molecule has 40 heavy (non-hydrogen) atoms. The Kier molecular flexibility index (Phi) is 13.8. The second-order valence-corrected chi connectivity index (χ2v) is 10.8. The number of carbonyl (C=O) groups is 1. The lowest BCUT2D eigenvalue weighted by atomic mass is 10.0. The number of amides is 1. The van der Waals surface area contributed by atoms with Crippen molar-refractivity contribution in [3.05, 3.63) is 21.9 Å². The first-order chi connectivity index (χ1) is 18.7. The van der Waals surface area contributed by atoms with Crippen LogP contribution in [0.1, 0.15) is 66.0 Å². The molecule has 1 aliphatic rings. The average molecular weight is 652 g/mol. The van der Waals surface area contributed by atoms with E-state index in [0.717, 1.165) is 12.5 Å². The number of methoxy groups -OCH3 is 1. The summed E-state index contributed by atoms with van der Waals surface area (Å²) in [4.78, 5) is 16.8. The first kappa shape index (κ1) is 35.5. The minimum absolute atomic E-state index is 0.00800. The van der Waals surface area contributed by atoms with Crippen LogP contribution in [0.4, 0.5) is 17.6 Å². The summed E-state index contributed by atoms with van der Waals surface area (Å²) in [6.45, 7) is 12.5. The molecule has 222 valence electrons. The molecule has 0 N–H and O–H groups in total. The van der Waals surface area contributed by atoms with Crippen molar-refractivity contribution in [1.82, 2.24) is 24.9 Å². The number of alkyl halides is 3. The fourth-order valence-corrected chi connectivity index (χ4v) is 4.63. The molecule has 3 aromatic rings. The van der Waals surface area contributed by atoms with Crippen molar-refractivity contribution < 1.29 is 27.1 Å². The highest BCUT2D eigenvalue weighted by Gasteiger charge is 2.36. The van der Waals surface area contributed by atoms with Gasteiger partial charge in [-0.05, 0) is 61.9 Å². The molecular weight excluding hydrogens is 616 g/mol. The standard InChI is InChI=1S/C17H14BrF4N5OS.C5H12O.C2H3N.C2H6/c1-29-16-14-15(27(25-24-14)8-2-4-26(7-28)5-3-8)9-6-10(17(20,21)22)11(18)12(19)13(9)23-16;1-5(2,3)6-4;1-2-3;1-2/h6-8H,2-5H2,1H3;1-4H3;1H3;1-2H3. The fraction of sp³-hybridized carbons (Fsp3) is 0.577. The molecule has 1 saturated heterocycles. The van der Waals surface area contributed by atoms with Crippen LogP contribution in [-0.2, 0) is 15.7 Å². The van der Waals surface area contributed by atoms with E-state index >= 15 is 0 Å². The van der Waals surface area contributed by atoms with Crippen LogP contribution in [0.3, 0.4) is 0 Å². The van der Waals surface area contributed by atoms with Gasteiger partial charge in [0.25, 0.3) is 0 Å². The molecule has 0 unspecified atom stereocenters. The van der Waals surface area contributed by atoms with E-state index in [-0.39, 0.29) is 22.5 Å². The third kappa shape index (κ3) is 8.75. The lowest BCUT2D eigenvalue weighted by molar-refractivity contribution is -0.138. The van der Waals surface area contributed by atoms with Gasteiger partial charge in [0, 0.05) is 32.5 Å². The van der Waals surface area contributed by atoms with Crippen molar-refractivity contribution >= 4 is 56.0 Å². The van der Waals surface area contributed by atoms with E-state index in [4.69, 9.17) is 10.00 Å². The molecule has 0 atom stereocenters. The van der Waals surface area contributed by atoms with E-state index in [0.29, 0.717) is 42.0 Å². The molecule has 1 amide bonds. The van der Waals surface area contributed by atoms with Crippen molar-refractivity contribution in [2.24, 2.45) is 0 Å². The summed E-state index contributed by atoms with van der Waals surface area (Å²) in [5, 5.41) is 16.0. The Morgan fingerprint density at radius 1 is 1.20 bits per heavy atom. The summed E-state index contributed by atoms with van der Waals surface area (Å²) in [6, 6.07) is 2.47. The molecule has 1 fully saturated rings. The SMILES string of the molecule is CC.CC#N.COC(C)(C)C.CSc1nc2c(F)c(Br)c(C(F)(F)F)cc2c2c1nnn2C1CCN(C=O)CC1. The van der Waals surface area contributed by atoms with Crippen molar-refractivity contribution in [3.8, 4) is 6.07 Å². The number of halogens is 5. The van der Waals surface area contributed by atoms with Gasteiger partial charge in [-0.25, -0.2) is 14.1 Å². The number of rotatable bonds is 3. The topological polar surface area (TPSA) is 96.9 Å². The highest BCUT2D eigenvalue weighted by atomic mass is 79.9. The lowest BCUT2D eigenvalue weighted by Crippen LogP contribution is -2.33. The molecule has 3 heterocycles. The van der Waals surface area contributed by atoms with Gasteiger partial charge in [0.15, 0.2) is 5.82 Å². The smallest absolute Gasteiger partial charge is 0.379 e. The number of nitrogens with zero attached hydrogens (tertiary/aromatic N) is 6. The summed E-state index contributed by atoms with van der Waals surface area (Å²) in [6.07, 6.45) is -1.11. The molecular formula is C26H35BrF4N6O2S. The zero-order valence-electron chi connectivity index (χ0n) is 23.9. The van der Waals surface area contributed by atoms with Crippen LogP contribution >= 0.6 is 27.7 Å². The van der Waals surface area contributed by atoms with Gasteiger partial charge in [0.05, 0.1) is 27.7 Å². The molecule has 0 aliphatic carbocycles. The van der Waals surface area contributed by atoms with E-state index in [9.17, 15) is 22.4 Å². The summed E-state index contributed by atoms with van der Waals surface area (Å²) in [5.74, 6) is -1.07. The quantitative estimate of drug-likeness (QED) is 0.165. The Morgan fingerprint density at radius 3 is 2.15 bits per heavy atom. The molecule has 4 rings (SSSR count). The molecule has 0 spiro atoms. The number of likely N-dealkylation sites (tertiary alicyclic amines) is 1. The summed E-state index contributed by atoms with van der Waals surface area (Å²) >= 11 is 3.95. The Balaban J connectivity index is 0.000000627. The van der Waals surface area contributed by atoms with Crippen LogP contribution in [0.2, 0.25) is 0 Å². The van der Waals surface area contributed by atoms with E-state index in [1.54, 1.807) is 29.0 Å². The van der Waals surface area contributed by atoms with E-state index < -0.39 is 22.0 Å². The van der Waals surface area contributed by atoms with Gasteiger partial charge in [0.2, 0.25) is 6.41 Å². The molecule has 14 heteroatoms. The van der Waals surface area contributed by atoms with Crippen molar-refractivity contribution in [2.75, 3.05) is 26.5 Å². The Bertz CT molecular complexity index is 1310. The van der Waals surface area contributed by atoms with Gasteiger partial charge in [-0.2, -0.15) is 18.4 Å². The lowest BCUT2D eigenvalue weighted by Gasteiger charge is -2.29. The van der Waals surface area contributed by atoms with Gasteiger partial charge in [-0.1, -0.05) is 19.1 Å². The van der Waals surface area contributed by atoms with Gasteiger partial charge in [-0.3, -0.25) is 4.79 Å². The maximum absolute atomic E-state index is 14.9. The number of nitriles is 1. The maximum atomic E-state index is 14.9. The molecule has 2 aromatic heterocycles. The highest BCUT2D eigenvalue weighted by Crippen LogP contribution is 2.42. The largest absolute Gasteiger partial charge is 0.417 e. The molecule has 1 aliphatic heterocycles. The Hall–Kier alpha value is -2.50. The van der Waals surface area contributed by atoms with Crippen LogP contribution in [0.25, 0.3) is 21.9 Å². The number of hydrogen-bond donors (Lipinski definition) is 0. The highest BCUT2D eigenvalue weighted by molar-refractivity contribution is 9.10. The van der Waals surface area contributed by atoms with E-state index in [1.807, 2.05) is 34.6 Å². The summed E-state index contributed by atoms with van der Waals surface area (Å²) in [5.41, 5.74) is -0.597. The van der Waals surface area contributed by atoms with Gasteiger partial charge in [0.1, 0.15) is 21.6 Å². The summed E-state index contributed by atoms with van der Waals surface area (Å²) < 4.78 is 61.1. The third-order valence-electron chi connectivity index (χ3n) is 5.65. The van der Waals surface area contributed by atoms with E-state index in [2.05, 4.69) is 31.2 Å². The second kappa shape index (κ2) is 15.5. The van der Waals surface area contributed by atoms with Crippen LogP contribution in [0.5, 0.6) is 0 Å². The number of piperidine rings is 1. The second-order valence-electron chi connectivity index (χ2n) is 9.21. The average Bonchev–Trinajstić information content (AvgIpc) is 3.37. The van der Waals surface area contributed by atoms with Crippen LogP contribution < -0.4 is 0 Å². The van der Waals surface area contributed by atoms with Crippen molar-refractivity contribution in [1.29, 1.82) is 5.26 Å². The number of fused-ring (bicyclic) bond motifs is 3. The number of thioether (sulfide) groups is 1. The Labute approximate surface area is 244 Å². The maximum Gasteiger partial charge on any atom is 0.417 e. The molecule has 0 radical (unpaired) electrons. The fourth-order valence-electron chi connectivity index (χ4n) is 3.59. The van der Waals surface area contributed by atoms with Gasteiger partial charge in [-0.15, -0.1) is 16.9 Å². The van der Waals surface area contributed by atoms with Crippen LogP contribution in [-0.4, -0.2) is 63.3 Å². The molecule has 0 saturated carbocycles. The first-order valence-electron chi connectivity index (χ1n) is 12.5. The normalized spacial score (nSPS) is 13.8. The third-order valence-corrected chi connectivity index (χ3v) is 7.10. The number of pyridine rings is 1. The zero-order chi connectivity index (χ0) is 30.8. The van der Waals surface area contributed by atoms with Gasteiger partial charge >= 0.3 is 6.18 Å². The zero-order valence-corrected chi connectivity index (χ0v) is 26.3. The van der Waals surface area contributed by atoms with Crippen molar-refractivity contribution in [3.63, 3.8) is 0 Å². The Morgan fingerprint density at radius 2 is 1.73 bits per heavy atom.